The largest absolute Gasteiger partial charge is 0.492 e. The Balaban J connectivity index is 0.00000289. The van der Waals surface area contributed by atoms with Crippen LogP contribution >= 0.6 is 24.0 Å². The molecule has 0 aliphatic carbocycles. The highest BCUT2D eigenvalue weighted by Gasteiger charge is 2.02. The predicted octanol–water partition coefficient (Wildman–Crippen LogP) is 3.29. The maximum atomic E-state index is 6.10. The molecule has 0 amide bonds. The molecule has 0 aliphatic rings. The Labute approximate surface area is 120 Å². The van der Waals surface area contributed by atoms with Gasteiger partial charge in [-0.05, 0) is 37.6 Å². The van der Waals surface area contributed by atoms with Gasteiger partial charge in [-0.15, -0.1) is 12.4 Å². The van der Waals surface area contributed by atoms with Crippen molar-refractivity contribution >= 4 is 24.0 Å². The lowest BCUT2D eigenvalue weighted by molar-refractivity contribution is 0.194. The molecule has 1 rings (SSSR count). The fourth-order valence-corrected chi connectivity index (χ4v) is 1.76. The van der Waals surface area contributed by atoms with Gasteiger partial charge in [0.05, 0.1) is 11.6 Å². The number of ether oxygens (including phenoxy) is 2. The number of hydrogen-bond donors (Lipinski definition) is 1. The predicted molar refractivity (Wildman–Crippen MR) is 78.1 cm³/mol. The van der Waals surface area contributed by atoms with Crippen LogP contribution in [0.3, 0.4) is 0 Å². The quantitative estimate of drug-likeness (QED) is 0.746. The van der Waals surface area contributed by atoms with Gasteiger partial charge >= 0.3 is 0 Å². The van der Waals surface area contributed by atoms with Crippen LogP contribution < -0.4 is 10.1 Å². The summed E-state index contributed by atoms with van der Waals surface area (Å²) in [7, 11) is 1.71. The number of hydrogen-bond acceptors (Lipinski definition) is 3. The van der Waals surface area contributed by atoms with Gasteiger partial charge in [0.15, 0.2) is 0 Å². The molecule has 0 atom stereocenters. The van der Waals surface area contributed by atoms with Gasteiger partial charge < -0.3 is 14.8 Å². The number of nitrogens with one attached hydrogen (secondary N) is 1. The first kappa shape index (κ1) is 17.5. The summed E-state index contributed by atoms with van der Waals surface area (Å²) >= 11 is 6.10. The van der Waals surface area contributed by atoms with Crippen molar-refractivity contribution in [2.45, 2.75) is 19.9 Å². The molecule has 0 unspecified atom stereocenters. The van der Waals surface area contributed by atoms with Gasteiger partial charge in [0, 0.05) is 20.3 Å². The van der Waals surface area contributed by atoms with Crippen LogP contribution in [0.15, 0.2) is 18.2 Å². The van der Waals surface area contributed by atoms with Crippen molar-refractivity contribution < 1.29 is 9.47 Å². The monoisotopic (exact) mass is 293 g/mol. The van der Waals surface area contributed by atoms with Crippen LogP contribution in [0.5, 0.6) is 5.75 Å². The zero-order valence-corrected chi connectivity index (χ0v) is 12.4. The van der Waals surface area contributed by atoms with E-state index in [0.717, 1.165) is 37.4 Å². The van der Waals surface area contributed by atoms with Crippen LogP contribution in [0.1, 0.15) is 18.9 Å². The van der Waals surface area contributed by atoms with Crippen molar-refractivity contribution in [3.63, 3.8) is 0 Å². The molecule has 1 aromatic rings. The van der Waals surface area contributed by atoms with E-state index >= 15 is 0 Å². The second kappa shape index (κ2) is 10.4. The lowest BCUT2D eigenvalue weighted by Crippen LogP contribution is -2.16. The first-order chi connectivity index (χ1) is 8.27. The molecule has 0 aliphatic heterocycles. The number of rotatable bonds is 8. The third-order valence-electron chi connectivity index (χ3n) is 2.33. The van der Waals surface area contributed by atoms with Crippen LogP contribution in [-0.4, -0.2) is 26.9 Å². The zero-order chi connectivity index (χ0) is 12.5. The average Bonchev–Trinajstić information content (AvgIpc) is 2.32. The minimum absolute atomic E-state index is 0. The Bertz CT molecular complexity index is 335. The molecule has 0 heterocycles. The van der Waals surface area contributed by atoms with E-state index < -0.39 is 0 Å². The Kier molecular flexibility index (Phi) is 10.2. The molecule has 0 aromatic heterocycles. The van der Waals surface area contributed by atoms with Crippen molar-refractivity contribution in [1.82, 2.24) is 5.32 Å². The van der Waals surface area contributed by atoms with E-state index in [9.17, 15) is 0 Å². The molecule has 3 nitrogen and oxygen atoms in total. The van der Waals surface area contributed by atoms with Crippen molar-refractivity contribution in [3.8, 4) is 5.75 Å². The molecule has 104 valence electrons. The van der Waals surface area contributed by atoms with Gasteiger partial charge in [0.1, 0.15) is 5.75 Å². The van der Waals surface area contributed by atoms with E-state index in [-0.39, 0.29) is 12.4 Å². The Morgan fingerprint density at radius 1 is 1.33 bits per heavy atom. The highest BCUT2D eigenvalue weighted by Crippen LogP contribution is 2.25. The molecule has 1 N–H and O–H groups in total. The molecule has 0 fully saturated rings. The lowest BCUT2D eigenvalue weighted by Gasteiger charge is -2.08. The van der Waals surface area contributed by atoms with Gasteiger partial charge in [-0.2, -0.15) is 0 Å². The summed E-state index contributed by atoms with van der Waals surface area (Å²) < 4.78 is 10.4. The van der Waals surface area contributed by atoms with E-state index in [1.54, 1.807) is 7.11 Å². The van der Waals surface area contributed by atoms with Crippen molar-refractivity contribution in [2.75, 3.05) is 26.9 Å². The Morgan fingerprint density at radius 3 is 2.72 bits per heavy atom. The van der Waals surface area contributed by atoms with Gasteiger partial charge in [-0.3, -0.25) is 0 Å². The van der Waals surface area contributed by atoms with Crippen molar-refractivity contribution in [1.29, 1.82) is 0 Å². The summed E-state index contributed by atoms with van der Waals surface area (Å²) in [5.41, 5.74) is 1.16. The second-order valence-electron chi connectivity index (χ2n) is 3.72. The van der Waals surface area contributed by atoms with Gasteiger partial charge in [-0.25, -0.2) is 0 Å². The van der Waals surface area contributed by atoms with E-state index in [2.05, 4.69) is 5.32 Å². The number of benzene rings is 1. The van der Waals surface area contributed by atoms with Gasteiger partial charge in [-0.1, -0.05) is 17.7 Å². The molecular weight excluding hydrogens is 273 g/mol. The fourth-order valence-electron chi connectivity index (χ4n) is 1.50. The molecule has 5 heteroatoms. The van der Waals surface area contributed by atoms with Gasteiger partial charge in [0.2, 0.25) is 0 Å². The summed E-state index contributed by atoms with van der Waals surface area (Å²) in [5.74, 6) is 0.747. The third kappa shape index (κ3) is 6.45. The summed E-state index contributed by atoms with van der Waals surface area (Å²) in [6.45, 7) is 5.13. The summed E-state index contributed by atoms with van der Waals surface area (Å²) in [5, 5.41) is 4.01. The van der Waals surface area contributed by atoms with Crippen molar-refractivity contribution in [3.05, 3.63) is 28.8 Å². The number of halogens is 2. The molecule has 0 saturated carbocycles. The van der Waals surface area contributed by atoms with Crippen LogP contribution in [-0.2, 0) is 11.3 Å². The molecule has 1 aromatic carbocycles. The van der Waals surface area contributed by atoms with Gasteiger partial charge in [0.25, 0.3) is 0 Å². The van der Waals surface area contributed by atoms with E-state index in [1.165, 1.54) is 0 Å². The SMILES string of the molecule is CCOc1ccc(CNCCCOC)cc1Cl.Cl. The average molecular weight is 294 g/mol. The summed E-state index contributed by atoms with van der Waals surface area (Å²) in [6.07, 6.45) is 1.02. The highest BCUT2D eigenvalue weighted by molar-refractivity contribution is 6.32. The summed E-state index contributed by atoms with van der Waals surface area (Å²) in [4.78, 5) is 0. The molecule has 0 spiro atoms. The Morgan fingerprint density at radius 2 is 2.11 bits per heavy atom. The van der Waals surface area contributed by atoms with E-state index in [4.69, 9.17) is 21.1 Å². The van der Waals surface area contributed by atoms with Crippen LogP contribution in [0.2, 0.25) is 5.02 Å². The molecular formula is C13H21Cl2NO2. The van der Waals surface area contributed by atoms with Crippen LogP contribution in [0, 0.1) is 0 Å². The van der Waals surface area contributed by atoms with E-state index in [0.29, 0.717) is 11.6 Å². The smallest absolute Gasteiger partial charge is 0.137 e. The fraction of sp³-hybridized carbons (Fsp3) is 0.538. The minimum Gasteiger partial charge on any atom is -0.492 e. The van der Waals surface area contributed by atoms with Crippen molar-refractivity contribution in [2.24, 2.45) is 0 Å². The van der Waals surface area contributed by atoms with Crippen LogP contribution in [0.25, 0.3) is 0 Å². The topological polar surface area (TPSA) is 30.5 Å². The second-order valence-corrected chi connectivity index (χ2v) is 4.13. The zero-order valence-electron chi connectivity index (χ0n) is 10.9. The standard InChI is InChI=1S/C13H20ClNO2.ClH/c1-3-17-13-6-5-11(9-12(13)14)10-15-7-4-8-16-2;/h5-6,9,15H,3-4,7-8,10H2,1-2H3;1H. The summed E-state index contributed by atoms with van der Waals surface area (Å²) in [6, 6.07) is 5.88. The normalized spacial score (nSPS) is 9.94. The van der Waals surface area contributed by atoms with E-state index in [1.807, 2.05) is 25.1 Å². The molecule has 0 bridgehead atoms. The molecule has 18 heavy (non-hydrogen) atoms. The Hall–Kier alpha value is -0.480. The first-order valence-corrected chi connectivity index (χ1v) is 6.26. The minimum atomic E-state index is 0. The number of methoxy groups -OCH3 is 1. The maximum Gasteiger partial charge on any atom is 0.137 e. The first-order valence-electron chi connectivity index (χ1n) is 5.88. The lowest BCUT2D eigenvalue weighted by atomic mass is 10.2. The highest BCUT2D eigenvalue weighted by atomic mass is 35.5. The maximum absolute atomic E-state index is 6.10. The molecule has 0 saturated heterocycles. The van der Waals surface area contributed by atoms with Crippen LogP contribution in [0.4, 0.5) is 0 Å². The molecule has 0 radical (unpaired) electrons. The third-order valence-corrected chi connectivity index (χ3v) is 2.62.